The fourth-order valence-electron chi connectivity index (χ4n) is 1.50. The summed E-state index contributed by atoms with van der Waals surface area (Å²) in [5.74, 6) is 0. The molecule has 0 radical (unpaired) electrons. The van der Waals surface area contributed by atoms with E-state index >= 15 is 0 Å². The Morgan fingerprint density at radius 3 is 3.00 bits per heavy atom. The number of nitrogens with zero attached hydrogens (tertiary/aromatic N) is 3. The quantitative estimate of drug-likeness (QED) is 0.629. The number of aromatic nitrogens is 3. The minimum atomic E-state index is 0.369. The van der Waals surface area contributed by atoms with E-state index in [-0.39, 0.29) is 0 Å². The standard InChI is InChI=1S/C10H19N5/c1-9(15-8-12-7-14-15)6-11-4-5-13-10-2-3-10/h7-11,13H,2-6H2,1H3. The maximum absolute atomic E-state index is 4.10. The third-order valence-electron chi connectivity index (χ3n) is 2.64. The van der Waals surface area contributed by atoms with Gasteiger partial charge in [-0.05, 0) is 19.8 Å². The predicted molar refractivity (Wildman–Crippen MR) is 58.6 cm³/mol. The summed E-state index contributed by atoms with van der Waals surface area (Å²) in [5.41, 5.74) is 0. The van der Waals surface area contributed by atoms with Gasteiger partial charge in [0.25, 0.3) is 0 Å². The van der Waals surface area contributed by atoms with Crippen molar-refractivity contribution in [1.29, 1.82) is 0 Å². The van der Waals surface area contributed by atoms with Crippen molar-refractivity contribution in [2.75, 3.05) is 19.6 Å². The lowest BCUT2D eigenvalue weighted by atomic mass is 10.3. The Balaban J connectivity index is 1.53. The zero-order valence-corrected chi connectivity index (χ0v) is 9.19. The fourth-order valence-corrected chi connectivity index (χ4v) is 1.50. The molecule has 1 unspecified atom stereocenters. The molecule has 15 heavy (non-hydrogen) atoms. The van der Waals surface area contributed by atoms with Gasteiger partial charge in [0.2, 0.25) is 0 Å². The number of nitrogens with one attached hydrogen (secondary N) is 2. The van der Waals surface area contributed by atoms with Crippen LogP contribution < -0.4 is 10.6 Å². The molecule has 1 aromatic heterocycles. The topological polar surface area (TPSA) is 54.8 Å². The van der Waals surface area contributed by atoms with Gasteiger partial charge in [0.15, 0.2) is 0 Å². The first-order valence-electron chi connectivity index (χ1n) is 5.64. The molecule has 0 aliphatic heterocycles. The lowest BCUT2D eigenvalue weighted by molar-refractivity contribution is 0.450. The van der Waals surface area contributed by atoms with Gasteiger partial charge in [-0.1, -0.05) is 0 Å². The summed E-state index contributed by atoms with van der Waals surface area (Å²) in [6.07, 6.45) is 6.05. The molecule has 2 N–H and O–H groups in total. The molecule has 5 heteroatoms. The van der Waals surface area contributed by atoms with Crippen molar-refractivity contribution in [3.8, 4) is 0 Å². The lowest BCUT2D eigenvalue weighted by Crippen LogP contribution is -2.32. The average molecular weight is 209 g/mol. The summed E-state index contributed by atoms with van der Waals surface area (Å²) in [6.45, 7) is 5.16. The van der Waals surface area contributed by atoms with Gasteiger partial charge in [0, 0.05) is 25.7 Å². The van der Waals surface area contributed by atoms with Gasteiger partial charge in [-0.3, -0.25) is 0 Å². The Kier molecular flexibility index (Phi) is 3.69. The summed E-state index contributed by atoms with van der Waals surface area (Å²) in [4.78, 5) is 3.93. The Bertz CT molecular complexity index is 267. The number of rotatable bonds is 7. The van der Waals surface area contributed by atoms with Crippen LogP contribution in [0.3, 0.4) is 0 Å². The monoisotopic (exact) mass is 209 g/mol. The molecule has 1 saturated carbocycles. The smallest absolute Gasteiger partial charge is 0.137 e. The highest BCUT2D eigenvalue weighted by Gasteiger charge is 2.19. The molecule has 0 saturated heterocycles. The van der Waals surface area contributed by atoms with Crippen LogP contribution in [-0.2, 0) is 0 Å². The lowest BCUT2D eigenvalue weighted by Gasteiger charge is -2.12. The van der Waals surface area contributed by atoms with Crippen molar-refractivity contribution in [2.45, 2.75) is 31.8 Å². The molecule has 84 valence electrons. The second-order valence-corrected chi connectivity index (χ2v) is 4.16. The van der Waals surface area contributed by atoms with Crippen molar-refractivity contribution in [3.63, 3.8) is 0 Å². The first-order chi connectivity index (χ1) is 7.36. The van der Waals surface area contributed by atoms with E-state index in [1.54, 1.807) is 12.7 Å². The number of hydrogen-bond donors (Lipinski definition) is 2. The number of hydrogen-bond acceptors (Lipinski definition) is 4. The molecule has 0 spiro atoms. The highest BCUT2D eigenvalue weighted by molar-refractivity contribution is 4.80. The van der Waals surface area contributed by atoms with Gasteiger partial charge >= 0.3 is 0 Å². The average Bonchev–Trinajstić information content (AvgIpc) is 2.90. The van der Waals surface area contributed by atoms with Gasteiger partial charge in [-0.15, -0.1) is 0 Å². The molecule has 1 atom stereocenters. The molecule has 5 nitrogen and oxygen atoms in total. The molecule has 0 bridgehead atoms. The van der Waals surface area contributed by atoms with E-state index in [9.17, 15) is 0 Å². The van der Waals surface area contributed by atoms with Crippen molar-refractivity contribution >= 4 is 0 Å². The van der Waals surface area contributed by atoms with Crippen LogP contribution in [0.2, 0.25) is 0 Å². The van der Waals surface area contributed by atoms with Gasteiger partial charge in [0.05, 0.1) is 6.04 Å². The van der Waals surface area contributed by atoms with E-state index in [1.807, 2.05) is 4.68 Å². The van der Waals surface area contributed by atoms with E-state index < -0.39 is 0 Å². The molecular formula is C10H19N5. The largest absolute Gasteiger partial charge is 0.313 e. The van der Waals surface area contributed by atoms with Crippen LogP contribution in [-0.4, -0.2) is 40.4 Å². The van der Waals surface area contributed by atoms with E-state index in [0.29, 0.717) is 6.04 Å². The van der Waals surface area contributed by atoms with Crippen LogP contribution in [0.15, 0.2) is 12.7 Å². The minimum absolute atomic E-state index is 0.369. The van der Waals surface area contributed by atoms with Crippen LogP contribution in [0, 0.1) is 0 Å². The van der Waals surface area contributed by atoms with E-state index in [1.165, 1.54) is 12.8 Å². The second-order valence-electron chi connectivity index (χ2n) is 4.16. The van der Waals surface area contributed by atoms with Gasteiger partial charge < -0.3 is 10.6 Å². The highest BCUT2D eigenvalue weighted by Crippen LogP contribution is 2.17. The zero-order chi connectivity index (χ0) is 10.5. The van der Waals surface area contributed by atoms with Crippen LogP contribution in [0.1, 0.15) is 25.8 Å². The van der Waals surface area contributed by atoms with Crippen molar-refractivity contribution < 1.29 is 0 Å². The molecule has 1 aliphatic carbocycles. The van der Waals surface area contributed by atoms with Gasteiger partial charge in [0.1, 0.15) is 12.7 Å². The van der Waals surface area contributed by atoms with Gasteiger partial charge in [-0.2, -0.15) is 5.10 Å². The Labute approximate surface area is 90.3 Å². The third-order valence-corrected chi connectivity index (χ3v) is 2.64. The van der Waals surface area contributed by atoms with Gasteiger partial charge in [-0.25, -0.2) is 9.67 Å². The van der Waals surface area contributed by atoms with Crippen LogP contribution in [0.4, 0.5) is 0 Å². The van der Waals surface area contributed by atoms with Crippen LogP contribution in [0.5, 0.6) is 0 Å². The first-order valence-corrected chi connectivity index (χ1v) is 5.64. The summed E-state index contributed by atoms with van der Waals surface area (Å²) in [7, 11) is 0. The van der Waals surface area contributed by atoms with Crippen molar-refractivity contribution in [2.24, 2.45) is 0 Å². The van der Waals surface area contributed by atoms with Crippen LogP contribution >= 0.6 is 0 Å². The first kappa shape index (κ1) is 10.6. The minimum Gasteiger partial charge on any atom is -0.313 e. The maximum atomic E-state index is 4.10. The summed E-state index contributed by atoms with van der Waals surface area (Å²) in [6, 6.07) is 1.17. The zero-order valence-electron chi connectivity index (χ0n) is 9.19. The Morgan fingerprint density at radius 1 is 1.47 bits per heavy atom. The fraction of sp³-hybridized carbons (Fsp3) is 0.800. The SMILES string of the molecule is CC(CNCCNC1CC1)n1cncn1. The van der Waals surface area contributed by atoms with E-state index in [0.717, 1.165) is 25.7 Å². The van der Waals surface area contributed by atoms with Crippen LogP contribution in [0.25, 0.3) is 0 Å². The van der Waals surface area contributed by atoms with Crippen molar-refractivity contribution in [3.05, 3.63) is 12.7 Å². The molecule has 1 fully saturated rings. The van der Waals surface area contributed by atoms with E-state index in [2.05, 4.69) is 27.6 Å². The molecule has 0 aromatic carbocycles. The molecule has 1 aliphatic rings. The second kappa shape index (κ2) is 5.23. The molecule has 0 amide bonds. The Hall–Kier alpha value is -0.940. The normalized spacial score (nSPS) is 17.9. The summed E-state index contributed by atoms with van der Waals surface area (Å²) < 4.78 is 1.88. The molecular weight excluding hydrogens is 190 g/mol. The summed E-state index contributed by atoms with van der Waals surface area (Å²) >= 11 is 0. The molecule has 1 heterocycles. The maximum Gasteiger partial charge on any atom is 0.137 e. The molecule has 2 rings (SSSR count). The van der Waals surface area contributed by atoms with E-state index in [4.69, 9.17) is 0 Å². The summed E-state index contributed by atoms with van der Waals surface area (Å²) in [5, 5.41) is 11.0. The van der Waals surface area contributed by atoms with Crippen molar-refractivity contribution in [1.82, 2.24) is 25.4 Å². The highest BCUT2D eigenvalue weighted by atomic mass is 15.3. The predicted octanol–water partition coefficient (Wildman–Crippen LogP) is 0.181. The molecule has 1 aromatic rings. The Morgan fingerprint density at radius 2 is 2.33 bits per heavy atom. The third kappa shape index (κ3) is 3.60.